The number of imide groups is 1. The average Bonchev–Trinajstić information content (AvgIpc) is 2.48. The first-order valence-electron chi connectivity index (χ1n) is 7.10. The van der Waals surface area contributed by atoms with E-state index in [4.69, 9.17) is 0 Å². The fourth-order valence-electron chi connectivity index (χ4n) is 3.13. The summed E-state index contributed by atoms with van der Waals surface area (Å²) in [5, 5.41) is 2.41. The summed E-state index contributed by atoms with van der Waals surface area (Å²) in [6.07, 6.45) is 1.38. The molecule has 0 spiro atoms. The van der Waals surface area contributed by atoms with Gasteiger partial charge in [0, 0.05) is 18.3 Å². The lowest BCUT2D eigenvalue weighted by molar-refractivity contribution is -0.135. The highest BCUT2D eigenvalue weighted by Crippen LogP contribution is 2.37. The summed E-state index contributed by atoms with van der Waals surface area (Å²) < 4.78 is 0. The van der Waals surface area contributed by atoms with E-state index in [-0.39, 0.29) is 11.8 Å². The Morgan fingerprint density at radius 1 is 0.810 bits per heavy atom. The van der Waals surface area contributed by atoms with E-state index >= 15 is 0 Å². The minimum absolute atomic E-state index is 0.189. The van der Waals surface area contributed by atoms with Crippen molar-refractivity contribution in [3.8, 4) is 0 Å². The van der Waals surface area contributed by atoms with Crippen LogP contribution < -0.4 is 5.32 Å². The second-order valence-electron chi connectivity index (χ2n) is 5.63. The van der Waals surface area contributed by atoms with Crippen LogP contribution in [-0.4, -0.2) is 11.8 Å². The molecule has 0 radical (unpaired) electrons. The Kier molecular flexibility index (Phi) is 3.57. The standard InChI is InChI=1S/C18H17NO2/c20-16-12-18(13-17(21)19-16,15-9-5-2-6-10-15)11-14-7-3-1-4-8-14/h1-10H,11-13H2,(H,19,20,21). The summed E-state index contributed by atoms with van der Waals surface area (Å²) >= 11 is 0. The molecule has 0 bridgehead atoms. The lowest BCUT2D eigenvalue weighted by Gasteiger charge is -2.36. The number of benzene rings is 2. The molecule has 1 saturated heterocycles. The van der Waals surface area contributed by atoms with E-state index in [0.717, 1.165) is 11.1 Å². The fraction of sp³-hybridized carbons (Fsp3) is 0.222. The van der Waals surface area contributed by atoms with Gasteiger partial charge >= 0.3 is 0 Å². The van der Waals surface area contributed by atoms with Crippen LogP contribution in [0.15, 0.2) is 60.7 Å². The van der Waals surface area contributed by atoms with E-state index in [1.54, 1.807) is 0 Å². The summed E-state index contributed by atoms with van der Waals surface area (Å²) in [7, 11) is 0. The van der Waals surface area contributed by atoms with Crippen molar-refractivity contribution in [1.82, 2.24) is 5.32 Å². The number of rotatable bonds is 3. The highest BCUT2D eigenvalue weighted by Gasteiger charge is 2.41. The molecule has 1 N–H and O–H groups in total. The van der Waals surface area contributed by atoms with Gasteiger partial charge in [-0.15, -0.1) is 0 Å². The maximum atomic E-state index is 11.9. The van der Waals surface area contributed by atoms with Crippen LogP contribution in [-0.2, 0) is 21.4 Å². The number of carbonyl (C=O) groups is 2. The van der Waals surface area contributed by atoms with Crippen LogP contribution in [0.3, 0.4) is 0 Å². The van der Waals surface area contributed by atoms with Crippen molar-refractivity contribution in [3.05, 3.63) is 71.8 Å². The molecule has 106 valence electrons. The molecule has 2 aromatic carbocycles. The number of amides is 2. The van der Waals surface area contributed by atoms with E-state index in [1.165, 1.54) is 0 Å². The zero-order valence-electron chi connectivity index (χ0n) is 11.7. The zero-order valence-corrected chi connectivity index (χ0v) is 11.7. The van der Waals surface area contributed by atoms with Crippen molar-refractivity contribution in [2.45, 2.75) is 24.7 Å². The van der Waals surface area contributed by atoms with Gasteiger partial charge in [-0.3, -0.25) is 14.9 Å². The molecule has 2 amide bonds. The van der Waals surface area contributed by atoms with Crippen molar-refractivity contribution < 1.29 is 9.59 Å². The molecule has 21 heavy (non-hydrogen) atoms. The van der Waals surface area contributed by atoms with Gasteiger partial charge in [0.05, 0.1) is 0 Å². The molecular formula is C18H17NO2. The third-order valence-corrected chi connectivity index (χ3v) is 4.05. The van der Waals surface area contributed by atoms with E-state index in [0.29, 0.717) is 19.3 Å². The van der Waals surface area contributed by atoms with Gasteiger partial charge in [0.25, 0.3) is 0 Å². The smallest absolute Gasteiger partial charge is 0.227 e. The van der Waals surface area contributed by atoms with Gasteiger partial charge < -0.3 is 0 Å². The van der Waals surface area contributed by atoms with Crippen LogP contribution in [0.4, 0.5) is 0 Å². The van der Waals surface area contributed by atoms with Crippen molar-refractivity contribution >= 4 is 11.8 Å². The quantitative estimate of drug-likeness (QED) is 0.878. The van der Waals surface area contributed by atoms with Crippen LogP contribution in [0.1, 0.15) is 24.0 Å². The van der Waals surface area contributed by atoms with Gasteiger partial charge in [-0.05, 0) is 17.5 Å². The fourth-order valence-corrected chi connectivity index (χ4v) is 3.13. The third-order valence-electron chi connectivity index (χ3n) is 4.05. The van der Waals surface area contributed by atoms with Gasteiger partial charge in [0.15, 0.2) is 0 Å². The van der Waals surface area contributed by atoms with Crippen LogP contribution in [0.5, 0.6) is 0 Å². The molecule has 1 fully saturated rings. The van der Waals surface area contributed by atoms with Crippen molar-refractivity contribution in [1.29, 1.82) is 0 Å². The predicted molar refractivity (Wildman–Crippen MR) is 80.6 cm³/mol. The van der Waals surface area contributed by atoms with Gasteiger partial charge in [-0.25, -0.2) is 0 Å². The lowest BCUT2D eigenvalue weighted by atomic mass is 9.69. The predicted octanol–water partition coefficient (Wildman–Crippen LogP) is 2.60. The highest BCUT2D eigenvalue weighted by molar-refractivity contribution is 5.99. The maximum absolute atomic E-state index is 11.9. The molecule has 3 nitrogen and oxygen atoms in total. The topological polar surface area (TPSA) is 46.2 Å². The van der Waals surface area contributed by atoms with E-state index in [1.807, 2.05) is 60.7 Å². The highest BCUT2D eigenvalue weighted by atomic mass is 16.2. The second kappa shape index (κ2) is 5.52. The molecule has 0 aliphatic carbocycles. The Bertz CT molecular complexity index is 633. The van der Waals surface area contributed by atoms with Crippen LogP contribution in [0.2, 0.25) is 0 Å². The largest absolute Gasteiger partial charge is 0.296 e. The molecule has 1 aliphatic heterocycles. The number of hydrogen-bond donors (Lipinski definition) is 1. The van der Waals surface area contributed by atoms with Crippen molar-refractivity contribution in [2.75, 3.05) is 0 Å². The van der Waals surface area contributed by atoms with E-state index < -0.39 is 5.41 Å². The number of nitrogens with one attached hydrogen (secondary N) is 1. The Balaban J connectivity index is 2.02. The molecule has 0 unspecified atom stereocenters. The van der Waals surface area contributed by atoms with E-state index in [2.05, 4.69) is 5.32 Å². The van der Waals surface area contributed by atoms with Crippen LogP contribution in [0, 0.1) is 0 Å². The Hall–Kier alpha value is -2.42. The normalized spacial score (nSPS) is 17.3. The Morgan fingerprint density at radius 3 is 1.90 bits per heavy atom. The SMILES string of the molecule is O=C1CC(Cc2ccccc2)(c2ccccc2)CC(=O)N1. The molecule has 3 rings (SSSR count). The Morgan fingerprint density at radius 2 is 1.33 bits per heavy atom. The van der Waals surface area contributed by atoms with Gasteiger partial charge in [0.2, 0.25) is 11.8 Å². The molecule has 1 aliphatic rings. The number of hydrogen-bond acceptors (Lipinski definition) is 2. The zero-order chi connectivity index (χ0) is 14.7. The summed E-state index contributed by atoms with van der Waals surface area (Å²) in [5.41, 5.74) is 1.75. The van der Waals surface area contributed by atoms with Crippen molar-refractivity contribution in [2.24, 2.45) is 0 Å². The third kappa shape index (κ3) is 2.87. The van der Waals surface area contributed by atoms with Crippen LogP contribution >= 0.6 is 0 Å². The van der Waals surface area contributed by atoms with Gasteiger partial charge in [-0.1, -0.05) is 60.7 Å². The first-order valence-corrected chi connectivity index (χ1v) is 7.10. The summed E-state index contributed by atoms with van der Waals surface area (Å²) in [5.74, 6) is -0.378. The minimum atomic E-state index is -0.442. The first kappa shape index (κ1) is 13.6. The summed E-state index contributed by atoms with van der Waals surface area (Å²) in [6, 6.07) is 19.9. The molecule has 0 atom stereocenters. The second-order valence-corrected chi connectivity index (χ2v) is 5.63. The van der Waals surface area contributed by atoms with Crippen LogP contribution in [0.25, 0.3) is 0 Å². The summed E-state index contributed by atoms with van der Waals surface area (Å²) in [6.45, 7) is 0. The number of piperidine rings is 1. The summed E-state index contributed by atoms with van der Waals surface area (Å²) in [4.78, 5) is 23.8. The maximum Gasteiger partial charge on any atom is 0.227 e. The Labute approximate surface area is 124 Å². The molecule has 1 heterocycles. The first-order chi connectivity index (χ1) is 10.2. The minimum Gasteiger partial charge on any atom is -0.296 e. The van der Waals surface area contributed by atoms with Gasteiger partial charge in [-0.2, -0.15) is 0 Å². The molecular weight excluding hydrogens is 262 g/mol. The van der Waals surface area contributed by atoms with Gasteiger partial charge in [0.1, 0.15) is 0 Å². The molecule has 3 heteroatoms. The average molecular weight is 279 g/mol. The molecule has 0 saturated carbocycles. The van der Waals surface area contributed by atoms with E-state index in [9.17, 15) is 9.59 Å². The molecule has 2 aromatic rings. The molecule has 0 aromatic heterocycles. The monoisotopic (exact) mass is 279 g/mol. The lowest BCUT2D eigenvalue weighted by Crippen LogP contribution is -2.48. The van der Waals surface area contributed by atoms with Crippen molar-refractivity contribution in [3.63, 3.8) is 0 Å². The number of carbonyl (C=O) groups excluding carboxylic acids is 2.